The predicted octanol–water partition coefficient (Wildman–Crippen LogP) is 4.34. The van der Waals surface area contributed by atoms with E-state index in [1.165, 1.54) is 10.0 Å². The van der Waals surface area contributed by atoms with Gasteiger partial charge in [0.1, 0.15) is 6.17 Å². The highest BCUT2D eigenvalue weighted by Gasteiger charge is 2.44. The van der Waals surface area contributed by atoms with Gasteiger partial charge in [0.25, 0.3) is 0 Å². The van der Waals surface area contributed by atoms with Crippen LogP contribution in [0.2, 0.25) is 0 Å². The van der Waals surface area contributed by atoms with Crippen LogP contribution >= 0.6 is 0 Å². The van der Waals surface area contributed by atoms with Gasteiger partial charge in [0, 0.05) is 18.3 Å². The highest BCUT2D eigenvalue weighted by atomic mass is 16.6. The van der Waals surface area contributed by atoms with Crippen molar-refractivity contribution in [3.05, 3.63) is 72.3 Å². The van der Waals surface area contributed by atoms with Gasteiger partial charge in [-0.15, -0.1) is 0 Å². The van der Waals surface area contributed by atoms with Crippen molar-refractivity contribution in [2.75, 3.05) is 25.2 Å². The molecule has 0 aliphatic carbocycles. The van der Waals surface area contributed by atoms with E-state index in [-0.39, 0.29) is 13.2 Å². The molecule has 0 saturated carbocycles. The van der Waals surface area contributed by atoms with Gasteiger partial charge in [-0.05, 0) is 32.1 Å². The Morgan fingerprint density at radius 2 is 1.45 bits per heavy atom. The van der Waals surface area contributed by atoms with Crippen molar-refractivity contribution in [1.82, 2.24) is 10.0 Å². The Kier molecular flexibility index (Phi) is 6.39. The lowest BCUT2D eigenvalue weighted by molar-refractivity contribution is 0.00847. The quantitative estimate of drug-likeness (QED) is 0.754. The number of amides is 2. The van der Waals surface area contributed by atoms with Gasteiger partial charge in [-0.1, -0.05) is 48.5 Å². The van der Waals surface area contributed by atoms with Crippen LogP contribution in [0.3, 0.4) is 0 Å². The molecule has 0 radical (unpaired) electrons. The number of anilines is 1. The number of likely N-dealkylation sites (N-methyl/N-ethyl adjacent to an activating group) is 1. The molecule has 2 aromatic rings. The second kappa shape index (κ2) is 9.14. The van der Waals surface area contributed by atoms with E-state index in [1.54, 1.807) is 13.8 Å². The molecule has 0 bridgehead atoms. The zero-order valence-corrected chi connectivity index (χ0v) is 16.8. The fourth-order valence-electron chi connectivity index (χ4n) is 3.19. The average molecular weight is 395 g/mol. The molecule has 1 heterocycles. The standard InChI is InChI=1S/C22H25N3O4/c1-4-28-21(26)24-19(17-12-8-6-9-13-17)16-20(25(24)22(27)29-5-2)23(3)18-14-10-7-11-15-18/h6-16,20H,4-5H2,1-3H3. The summed E-state index contributed by atoms with van der Waals surface area (Å²) in [6, 6.07) is 19.0. The van der Waals surface area contributed by atoms with Crippen molar-refractivity contribution < 1.29 is 19.1 Å². The van der Waals surface area contributed by atoms with Gasteiger partial charge in [0.05, 0.1) is 18.9 Å². The minimum absolute atomic E-state index is 0.188. The van der Waals surface area contributed by atoms with Crippen LogP contribution in [0, 0.1) is 0 Å². The third kappa shape index (κ3) is 4.18. The van der Waals surface area contributed by atoms with Crippen molar-refractivity contribution in [2.24, 2.45) is 0 Å². The molecule has 1 unspecified atom stereocenters. The zero-order chi connectivity index (χ0) is 20.8. The van der Waals surface area contributed by atoms with E-state index in [9.17, 15) is 9.59 Å². The fourth-order valence-corrected chi connectivity index (χ4v) is 3.19. The van der Waals surface area contributed by atoms with E-state index in [1.807, 2.05) is 78.7 Å². The zero-order valence-electron chi connectivity index (χ0n) is 16.8. The van der Waals surface area contributed by atoms with E-state index < -0.39 is 18.4 Å². The van der Waals surface area contributed by atoms with Crippen LogP contribution < -0.4 is 4.90 Å². The van der Waals surface area contributed by atoms with Crippen LogP contribution in [-0.2, 0) is 9.47 Å². The van der Waals surface area contributed by atoms with Crippen LogP contribution in [0.15, 0.2) is 66.7 Å². The monoisotopic (exact) mass is 395 g/mol. The van der Waals surface area contributed by atoms with E-state index in [0.717, 1.165) is 11.3 Å². The van der Waals surface area contributed by atoms with Crippen LogP contribution in [-0.4, -0.2) is 48.6 Å². The summed E-state index contributed by atoms with van der Waals surface area (Å²) in [7, 11) is 1.86. The lowest BCUT2D eigenvalue weighted by atomic mass is 10.1. The third-order valence-corrected chi connectivity index (χ3v) is 4.53. The largest absolute Gasteiger partial charge is 0.448 e. The number of rotatable bonds is 5. The lowest BCUT2D eigenvalue weighted by Gasteiger charge is -2.36. The first-order valence-corrected chi connectivity index (χ1v) is 9.56. The molecule has 7 nitrogen and oxygen atoms in total. The number of hydrogen-bond donors (Lipinski definition) is 0. The molecular formula is C22H25N3O4. The van der Waals surface area contributed by atoms with Crippen LogP contribution in [0.4, 0.5) is 15.3 Å². The molecule has 2 amide bonds. The van der Waals surface area contributed by atoms with Gasteiger partial charge in [-0.2, -0.15) is 10.0 Å². The summed E-state index contributed by atoms with van der Waals surface area (Å²) in [5.74, 6) is 0. The van der Waals surface area contributed by atoms with Crippen molar-refractivity contribution in [1.29, 1.82) is 0 Å². The maximum atomic E-state index is 12.9. The molecule has 152 valence electrons. The summed E-state index contributed by atoms with van der Waals surface area (Å²) in [5, 5.41) is 2.54. The molecule has 0 spiro atoms. The van der Waals surface area contributed by atoms with Crippen molar-refractivity contribution >= 4 is 23.6 Å². The fraction of sp³-hybridized carbons (Fsp3) is 0.273. The second-order valence-electron chi connectivity index (χ2n) is 6.33. The van der Waals surface area contributed by atoms with Gasteiger partial charge in [0.2, 0.25) is 0 Å². The number of para-hydroxylation sites is 1. The molecule has 29 heavy (non-hydrogen) atoms. The molecule has 0 saturated heterocycles. The molecule has 2 aromatic carbocycles. The highest BCUT2D eigenvalue weighted by molar-refractivity contribution is 5.88. The van der Waals surface area contributed by atoms with Gasteiger partial charge >= 0.3 is 12.2 Å². The first-order valence-electron chi connectivity index (χ1n) is 9.56. The van der Waals surface area contributed by atoms with Crippen molar-refractivity contribution in [3.8, 4) is 0 Å². The van der Waals surface area contributed by atoms with Gasteiger partial charge in [-0.3, -0.25) is 0 Å². The number of carbonyl (C=O) groups is 2. The minimum atomic E-state index is -0.639. The van der Waals surface area contributed by atoms with E-state index in [4.69, 9.17) is 9.47 Å². The van der Waals surface area contributed by atoms with Crippen LogP contribution in [0.5, 0.6) is 0 Å². The Hall–Kier alpha value is -3.48. The SMILES string of the molecule is CCOC(=O)N1C(c2ccccc2)=CC(N(C)c2ccccc2)N1C(=O)OCC. The molecule has 0 aromatic heterocycles. The predicted molar refractivity (Wildman–Crippen MR) is 111 cm³/mol. The molecule has 1 aliphatic heterocycles. The number of benzene rings is 2. The average Bonchev–Trinajstić information content (AvgIpc) is 3.16. The highest BCUT2D eigenvalue weighted by Crippen LogP contribution is 2.34. The van der Waals surface area contributed by atoms with Gasteiger partial charge < -0.3 is 14.4 Å². The van der Waals surface area contributed by atoms with Crippen molar-refractivity contribution in [2.45, 2.75) is 20.0 Å². The number of nitrogens with zero attached hydrogens (tertiary/aromatic N) is 3. The maximum Gasteiger partial charge on any atom is 0.433 e. The Bertz CT molecular complexity index is 870. The Labute approximate surface area is 170 Å². The molecule has 0 fully saturated rings. The first-order chi connectivity index (χ1) is 14.1. The molecule has 1 atom stereocenters. The molecule has 7 heteroatoms. The summed E-state index contributed by atoms with van der Waals surface area (Å²) >= 11 is 0. The lowest BCUT2D eigenvalue weighted by Crippen LogP contribution is -2.54. The second-order valence-corrected chi connectivity index (χ2v) is 6.33. The van der Waals surface area contributed by atoms with Crippen LogP contribution in [0.1, 0.15) is 19.4 Å². The number of hydrogen-bond acceptors (Lipinski definition) is 5. The molecule has 0 N–H and O–H groups in total. The topological polar surface area (TPSA) is 62.3 Å². The van der Waals surface area contributed by atoms with Crippen LogP contribution in [0.25, 0.3) is 5.70 Å². The number of carbonyl (C=O) groups excluding carboxylic acids is 2. The van der Waals surface area contributed by atoms with E-state index >= 15 is 0 Å². The third-order valence-electron chi connectivity index (χ3n) is 4.53. The van der Waals surface area contributed by atoms with E-state index in [0.29, 0.717) is 5.70 Å². The minimum Gasteiger partial charge on any atom is -0.448 e. The number of hydrazine groups is 1. The Morgan fingerprint density at radius 1 is 0.897 bits per heavy atom. The van der Waals surface area contributed by atoms with E-state index in [2.05, 4.69) is 0 Å². The van der Waals surface area contributed by atoms with Gasteiger partial charge in [-0.25, -0.2) is 9.59 Å². The Balaban J connectivity index is 2.09. The van der Waals surface area contributed by atoms with Crippen molar-refractivity contribution in [3.63, 3.8) is 0 Å². The molecular weight excluding hydrogens is 370 g/mol. The summed E-state index contributed by atoms with van der Waals surface area (Å²) in [4.78, 5) is 27.6. The summed E-state index contributed by atoms with van der Waals surface area (Å²) < 4.78 is 10.5. The number of ether oxygens (including phenoxy) is 2. The summed E-state index contributed by atoms with van der Waals surface area (Å²) in [6.45, 7) is 3.83. The Morgan fingerprint density at radius 3 is 2.03 bits per heavy atom. The molecule has 3 rings (SSSR count). The first kappa shape index (κ1) is 20.3. The normalized spacial score (nSPS) is 15.7. The summed E-state index contributed by atoms with van der Waals surface area (Å²) in [6.07, 6.45) is 0.0158. The maximum absolute atomic E-state index is 12.9. The van der Waals surface area contributed by atoms with Gasteiger partial charge in [0.15, 0.2) is 0 Å². The summed E-state index contributed by atoms with van der Waals surface area (Å²) in [5.41, 5.74) is 2.24. The smallest absolute Gasteiger partial charge is 0.433 e. The molecule has 1 aliphatic rings.